The SMILES string of the molecule is COC(=O)C1=C(CN2CCCCC2)NC(c2nccs2)=NC1(C)c1ccc(F)cc1. The van der Waals surface area contributed by atoms with Gasteiger partial charge in [0, 0.05) is 23.8 Å². The third-order valence-corrected chi connectivity index (χ3v) is 6.43. The zero-order chi connectivity index (χ0) is 21.1. The predicted molar refractivity (Wildman–Crippen MR) is 115 cm³/mol. The Morgan fingerprint density at radius 1 is 1.27 bits per heavy atom. The van der Waals surface area contributed by atoms with Crippen LogP contribution in [0.4, 0.5) is 4.39 Å². The molecular formula is C22H25FN4O2S. The Hall–Kier alpha value is -2.58. The first-order chi connectivity index (χ1) is 14.5. The van der Waals surface area contributed by atoms with Gasteiger partial charge in [0.25, 0.3) is 0 Å². The van der Waals surface area contributed by atoms with Gasteiger partial charge in [0.15, 0.2) is 10.8 Å². The van der Waals surface area contributed by atoms with Crippen molar-refractivity contribution < 1.29 is 13.9 Å². The number of amidine groups is 1. The van der Waals surface area contributed by atoms with Crippen molar-refractivity contribution >= 4 is 23.1 Å². The van der Waals surface area contributed by atoms with Crippen molar-refractivity contribution in [2.24, 2.45) is 4.99 Å². The van der Waals surface area contributed by atoms with Crippen LogP contribution in [0.25, 0.3) is 0 Å². The molecule has 2 aromatic rings. The first kappa shape index (κ1) is 20.7. The third-order valence-electron chi connectivity index (χ3n) is 5.65. The minimum Gasteiger partial charge on any atom is -0.466 e. The number of rotatable bonds is 5. The van der Waals surface area contributed by atoms with Crippen LogP contribution in [0, 0.1) is 5.82 Å². The number of thiazole rings is 1. The van der Waals surface area contributed by atoms with Crippen molar-refractivity contribution in [3.63, 3.8) is 0 Å². The largest absolute Gasteiger partial charge is 0.466 e. The van der Waals surface area contributed by atoms with Gasteiger partial charge in [-0.2, -0.15) is 0 Å². The minimum atomic E-state index is -1.03. The Morgan fingerprint density at radius 3 is 2.63 bits per heavy atom. The number of nitrogens with one attached hydrogen (secondary N) is 1. The van der Waals surface area contributed by atoms with Gasteiger partial charge in [-0.1, -0.05) is 18.6 Å². The number of piperidine rings is 1. The maximum atomic E-state index is 13.6. The highest BCUT2D eigenvalue weighted by atomic mass is 32.1. The number of ether oxygens (including phenoxy) is 1. The molecule has 2 aliphatic rings. The molecule has 1 N–H and O–H groups in total. The standard InChI is InChI=1S/C22H25FN4O2S/c1-22(15-6-8-16(23)9-7-15)18(21(28)29-2)17(14-27-11-4-3-5-12-27)25-19(26-22)20-24-10-13-30-20/h6-10,13H,3-5,11-12,14H2,1-2H3,(H,25,26). The monoisotopic (exact) mass is 428 g/mol. The first-order valence-electron chi connectivity index (χ1n) is 10.1. The summed E-state index contributed by atoms with van der Waals surface area (Å²) in [6.45, 7) is 4.43. The fraction of sp³-hybridized carbons (Fsp3) is 0.409. The van der Waals surface area contributed by atoms with Gasteiger partial charge in [0.05, 0.1) is 12.7 Å². The van der Waals surface area contributed by atoms with E-state index in [-0.39, 0.29) is 5.82 Å². The summed E-state index contributed by atoms with van der Waals surface area (Å²) >= 11 is 1.47. The molecule has 2 aliphatic heterocycles. The van der Waals surface area contributed by atoms with Crippen LogP contribution < -0.4 is 5.32 Å². The topological polar surface area (TPSA) is 66.8 Å². The van der Waals surface area contributed by atoms with Crippen LogP contribution in [-0.4, -0.2) is 48.4 Å². The molecule has 6 nitrogen and oxygen atoms in total. The van der Waals surface area contributed by atoms with E-state index in [1.807, 2.05) is 12.3 Å². The van der Waals surface area contributed by atoms with Crippen molar-refractivity contribution in [3.05, 3.63) is 63.5 Å². The van der Waals surface area contributed by atoms with Crippen molar-refractivity contribution in [2.75, 3.05) is 26.7 Å². The summed E-state index contributed by atoms with van der Waals surface area (Å²) < 4.78 is 18.8. The number of likely N-dealkylation sites (tertiary alicyclic amines) is 1. The van der Waals surface area contributed by atoms with E-state index in [4.69, 9.17) is 9.73 Å². The Labute approximate surface area is 179 Å². The smallest absolute Gasteiger partial charge is 0.338 e. The molecule has 1 saturated heterocycles. The van der Waals surface area contributed by atoms with Crippen molar-refractivity contribution in [1.82, 2.24) is 15.2 Å². The zero-order valence-corrected chi connectivity index (χ0v) is 18.0. The van der Waals surface area contributed by atoms with Crippen molar-refractivity contribution in [3.8, 4) is 0 Å². The van der Waals surface area contributed by atoms with Crippen LogP contribution in [0.2, 0.25) is 0 Å². The predicted octanol–water partition coefficient (Wildman–Crippen LogP) is 3.46. The highest BCUT2D eigenvalue weighted by Gasteiger charge is 2.42. The molecular weight excluding hydrogens is 403 g/mol. The molecule has 8 heteroatoms. The van der Waals surface area contributed by atoms with E-state index in [2.05, 4.69) is 15.2 Å². The highest BCUT2D eigenvalue weighted by Crippen LogP contribution is 2.39. The zero-order valence-electron chi connectivity index (χ0n) is 17.2. The number of methoxy groups -OCH3 is 1. The second kappa shape index (κ2) is 8.65. The summed E-state index contributed by atoms with van der Waals surface area (Å²) in [5.41, 5.74) is 0.896. The Bertz CT molecular complexity index is 966. The van der Waals surface area contributed by atoms with Gasteiger partial charge in [-0.25, -0.2) is 19.2 Å². The number of hydrogen-bond acceptors (Lipinski definition) is 7. The van der Waals surface area contributed by atoms with E-state index in [1.165, 1.54) is 37.0 Å². The molecule has 1 atom stereocenters. The van der Waals surface area contributed by atoms with Crippen molar-refractivity contribution in [1.29, 1.82) is 0 Å². The molecule has 158 valence electrons. The molecule has 1 aromatic carbocycles. The summed E-state index contributed by atoms with van der Waals surface area (Å²) in [4.78, 5) is 24.6. The molecule has 0 spiro atoms. The van der Waals surface area contributed by atoms with Gasteiger partial charge >= 0.3 is 5.97 Å². The molecule has 1 unspecified atom stereocenters. The van der Waals surface area contributed by atoms with Gasteiger partial charge in [-0.15, -0.1) is 11.3 Å². The lowest BCUT2D eigenvalue weighted by molar-refractivity contribution is -0.137. The fourth-order valence-electron chi connectivity index (χ4n) is 4.12. The molecule has 0 amide bonds. The maximum absolute atomic E-state index is 13.6. The number of nitrogens with zero attached hydrogens (tertiary/aromatic N) is 3. The maximum Gasteiger partial charge on any atom is 0.338 e. The summed E-state index contributed by atoms with van der Waals surface area (Å²) in [6, 6.07) is 6.12. The average Bonchev–Trinajstić information content (AvgIpc) is 3.29. The molecule has 0 radical (unpaired) electrons. The van der Waals surface area contributed by atoms with Gasteiger partial charge in [0.1, 0.15) is 11.4 Å². The second-order valence-corrected chi connectivity index (χ2v) is 8.58. The molecule has 0 aliphatic carbocycles. The number of hydrogen-bond donors (Lipinski definition) is 1. The van der Waals surface area contributed by atoms with Crippen LogP contribution in [0.3, 0.4) is 0 Å². The quantitative estimate of drug-likeness (QED) is 0.739. The Kier molecular flexibility index (Phi) is 5.97. The van der Waals surface area contributed by atoms with Crippen molar-refractivity contribution in [2.45, 2.75) is 31.7 Å². The summed E-state index contributed by atoms with van der Waals surface area (Å²) in [6.07, 6.45) is 5.24. The van der Waals surface area contributed by atoms with E-state index in [9.17, 15) is 9.18 Å². The molecule has 0 bridgehead atoms. The van der Waals surface area contributed by atoms with Gasteiger partial charge < -0.3 is 10.1 Å². The first-order valence-corrected chi connectivity index (χ1v) is 11.0. The lowest BCUT2D eigenvalue weighted by Gasteiger charge is -2.37. The highest BCUT2D eigenvalue weighted by molar-refractivity contribution is 7.11. The Balaban J connectivity index is 1.84. The number of aliphatic imine (C=N–C) groups is 1. The summed E-state index contributed by atoms with van der Waals surface area (Å²) in [7, 11) is 1.37. The molecule has 0 saturated carbocycles. The van der Waals surface area contributed by atoms with Crippen LogP contribution in [0.5, 0.6) is 0 Å². The molecule has 4 rings (SSSR count). The molecule has 3 heterocycles. The average molecular weight is 429 g/mol. The molecule has 1 aromatic heterocycles. The number of halogens is 1. The Morgan fingerprint density at radius 2 is 2.00 bits per heavy atom. The lowest BCUT2D eigenvalue weighted by Crippen LogP contribution is -2.45. The van der Waals surface area contributed by atoms with Crippen LogP contribution in [0.15, 0.2) is 52.1 Å². The van der Waals surface area contributed by atoms with Gasteiger partial charge in [-0.05, 0) is 50.6 Å². The lowest BCUT2D eigenvalue weighted by atomic mass is 9.82. The van der Waals surface area contributed by atoms with Gasteiger partial charge in [-0.3, -0.25) is 4.90 Å². The summed E-state index contributed by atoms with van der Waals surface area (Å²) in [5, 5.41) is 5.99. The second-order valence-electron chi connectivity index (χ2n) is 7.68. The van der Waals surface area contributed by atoms with Gasteiger partial charge in [0.2, 0.25) is 0 Å². The summed E-state index contributed by atoms with van der Waals surface area (Å²) in [5.74, 6) is -0.169. The molecule has 30 heavy (non-hydrogen) atoms. The molecule has 1 fully saturated rings. The van der Waals surface area contributed by atoms with Crippen LogP contribution in [-0.2, 0) is 15.1 Å². The third kappa shape index (κ3) is 4.02. The normalized spacial score (nSPS) is 22.4. The van der Waals surface area contributed by atoms with E-state index in [1.54, 1.807) is 18.3 Å². The van der Waals surface area contributed by atoms with E-state index in [0.717, 1.165) is 42.2 Å². The number of carbonyl (C=O) groups excluding carboxylic acids is 1. The van der Waals surface area contributed by atoms with E-state index >= 15 is 0 Å². The fourth-order valence-corrected chi connectivity index (χ4v) is 4.70. The number of carbonyl (C=O) groups is 1. The number of esters is 1. The van der Waals surface area contributed by atoms with E-state index < -0.39 is 11.5 Å². The number of aromatic nitrogens is 1. The van der Waals surface area contributed by atoms with Crippen LogP contribution >= 0.6 is 11.3 Å². The van der Waals surface area contributed by atoms with E-state index in [0.29, 0.717) is 18.0 Å². The van der Waals surface area contributed by atoms with Crippen LogP contribution in [0.1, 0.15) is 36.8 Å². The minimum absolute atomic E-state index is 0.336. The number of benzene rings is 1.